The predicted molar refractivity (Wildman–Crippen MR) is 78.2 cm³/mol. The molecule has 0 amide bonds. The molecule has 2 atom stereocenters. The molecule has 0 aliphatic carbocycles. The van der Waals surface area contributed by atoms with Gasteiger partial charge in [-0.05, 0) is 31.2 Å². The van der Waals surface area contributed by atoms with Gasteiger partial charge in [0, 0.05) is 11.6 Å². The maximum Gasteiger partial charge on any atom is 0.170 e. The lowest BCUT2D eigenvalue weighted by atomic mass is 9.93. The molecule has 2 aliphatic heterocycles. The fourth-order valence-electron chi connectivity index (χ4n) is 2.75. The predicted octanol–water partition coefficient (Wildman–Crippen LogP) is 1.66. The van der Waals surface area contributed by atoms with Gasteiger partial charge in [-0.25, -0.2) is 0 Å². The van der Waals surface area contributed by atoms with Crippen LogP contribution in [0.25, 0.3) is 0 Å². The van der Waals surface area contributed by atoms with Crippen molar-refractivity contribution in [2.75, 3.05) is 33.0 Å². The molecule has 1 N–H and O–H groups in total. The van der Waals surface area contributed by atoms with Crippen LogP contribution in [0, 0.1) is 5.92 Å². The molecule has 2 aliphatic rings. The second-order valence-electron chi connectivity index (χ2n) is 5.43. The van der Waals surface area contributed by atoms with Crippen LogP contribution >= 0.6 is 0 Å². The lowest BCUT2D eigenvalue weighted by molar-refractivity contribution is 0.0890. The minimum atomic E-state index is -0.126. The Labute approximate surface area is 124 Å². The summed E-state index contributed by atoms with van der Waals surface area (Å²) in [6.07, 6.45) is 1.04. The van der Waals surface area contributed by atoms with Gasteiger partial charge in [0.2, 0.25) is 0 Å². The number of rotatable bonds is 5. The van der Waals surface area contributed by atoms with Gasteiger partial charge in [0.25, 0.3) is 0 Å². The van der Waals surface area contributed by atoms with Gasteiger partial charge in [-0.15, -0.1) is 0 Å². The van der Waals surface area contributed by atoms with Gasteiger partial charge in [-0.1, -0.05) is 6.92 Å². The molecule has 2 heterocycles. The van der Waals surface area contributed by atoms with Gasteiger partial charge in [-0.2, -0.15) is 0 Å². The molecule has 3 rings (SSSR count). The Morgan fingerprint density at radius 1 is 1.24 bits per heavy atom. The number of hydrogen-bond acceptors (Lipinski definition) is 5. The fraction of sp³-hybridized carbons (Fsp3) is 0.562. The number of hydrogen-bond donors (Lipinski definition) is 1. The van der Waals surface area contributed by atoms with Crippen molar-refractivity contribution in [1.29, 1.82) is 0 Å². The normalized spacial score (nSPS) is 24.0. The highest BCUT2D eigenvalue weighted by molar-refractivity contribution is 5.99. The van der Waals surface area contributed by atoms with E-state index in [9.17, 15) is 4.79 Å². The van der Waals surface area contributed by atoms with Crippen LogP contribution in [0.4, 0.5) is 0 Å². The first-order valence-electron chi connectivity index (χ1n) is 7.54. The monoisotopic (exact) mass is 291 g/mol. The van der Waals surface area contributed by atoms with E-state index in [4.69, 9.17) is 14.2 Å². The third-order valence-corrected chi connectivity index (χ3v) is 3.90. The van der Waals surface area contributed by atoms with Gasteiger partial charge in [0.15, 0.2) is 17.3 Å². The van der Waals surface area contributed by atoms with Crippen molar-refractivity contribution in [2.45, 2.75) is 19.4 Å². The number of nitrogens with one attached hydrogen (secondary N) is 1. The van der Waals surface area contributed by atoms with Crippen LogP contribution in [0.5, 0.6) is 11.5 Å². The summed E-state index contributed by atoms with van der Waals surface area (Å²) in [6.45, 7) is 5.17. The minimum absolute atomic E-state index is 0.102. The summed E-state index contributed by atoms with van der Waals surface area (Å²) in [5.74, 6) is 1.35. The highest BCUT2D eigenvalue weighted by Crippen LogP contribution is 2.32. The maximum atomic E-state index is 12.7. The van der Waals surface area contributed by atoms with Crippen LogP contribution in [0.1, 0.15) is 23.7 Å². The van der Waals surface area contributed by atoms with E-state index in [0.29, 0.717) is 43.5 Å². The SMILES string of the molecule is CCCNC1COCC1C(=O)c1ccc2c(c1)OCCO2. The molecule has 0 radical (unpaired) electrons. The number of ketones is 1. The maximum absolute atomic E-state index is 12.7. The molecule has 2 unspecified atom stereocenters. The van der Waals surface area contributed by atoms with E-state index >= 15 is 0 Å². The average Bonchev–Trinajstić information content (AvgIpc) is 3.00. The third-order valence-electron chi connectivity index (χ3n) is 3.90. The Hall–Kier alpha value is -1.59. The molecule has 1 fully saturated rings. The van der Waals surface area contributed by atoms with Crippen molar-refractivity contribution in [3.8, 4) is 11.5 Å². The summed E-state index contributed by atoms with van der Waals surface area (Å²) in [4.78, 5) is 12.7. The molecule has 1 aromatic rings. The number of benzene rings is 1. The molecule has 5 heteroatoms. The lowest BCUT2D eigenvalue weighted by Gasteiger charge is -2.21. The van der Waals surface area contributed by atoms with E-state index < -0.39 is 0 Å². The summed E-state index contributed by atoms with van der Waals surface area (Å²) in [7, 11) is 0. The van der Waals surface area contributed by atoms with Crippen LogP contribution in [0.15, 0.2) is 18.2 Å². The highest BCUT2D eigenvalue weighted by atomic mass is 16.6. The Morgan fingerprint density at radius 2 is 2.05 bits per heavy atom. The van der Waals surface area contributed by atoms with Gasteiger partial charge in [-0.3, -0.25) is 4.79 Å². The lowest BCUT2D eigenvalue weighted by Crippen LogP contribution is -2.39. The van der Waals surface area contributed by atoms with E-state index in [0.717, 1.165) is 13.0 Å². The number of fused-ring (bicyclic) bond motifs is 1. The summed E-state index contributed by atoms with van der Waals surface area (Å²) in [6, 6.07) is 5.51. The first-order valence-corrected chi connectivity index (χ1v) is 7.54. The second-order valence-corrected chi connectivity index (χ2v) is 5.43. The molecular weight excluding hydrogens is 270 g/mol. The number of Topliss-reactive ketones (excluding diaryl/α,β-unsaturated/α-hetero) is 1. The molecule has 1 aromatic carbocycles. The molecule has 0 bridgehead atoms. The number of ether oxygens (including phenoxy) is 3. The van der Waals surface area contributed by atoms with Gasteiger partial charge in [0.1, 0.15) is 13.2 Å². The van der Waals surface area contributed by atoms with E-state index in [2.05, 4.69) is 12.2 Å². The van der Waals surface area contributed by atoms with Crippen LogP contribution < -0.4 is 14.8 Å². The molecule has 114 valence electrons. The topological polar surface area (TPSA) is 56.8 Å². The summed E-state index contributed by atoms with van der Waals surface area (Å²) >= 11 is 0. The van der Waals surface area contributed by atoms with Crippen LogP contribution in [0.2, 0.25) is 0 Å². The van der Waals surface area contributed by atoms with Gasteiger partial charge in [0.05, 0.1) is 19.1 Å². The summed E-state index contributed by atoms with van der Waals surface area (Å²) in [5, 5.41) is 3.39. The Balaban J connectivity index is 1.75. The van der Waals surface area contributed by atoms with E-state index in [1.165, 1.54) is 0 Å². The highest BCUT2D eigenvalue weighted by Gasteiger charge is 2.34. The van der Waals surface area contributed by atoms with Crippen LogP contribution in [-0.4, -0.2) is 44.8 Å². The zero-order chi connectivity index (χ0) is 14.7. The number of carbonyl (C=O) groups is 1. The Morgan fingerprint density at radius 3 is 2.86 bits per heavy atom. The molecular formula is C16H21NO4. The molecule has 0 aromatic heterocycles. The quantitative estimate of drug-likeness (QED) is 0.836. The summed E-state index contributed by atoms with van der Waals surface area (Å²) < 4.78 is 16.5. The number of carbonyl (C=O) groups excluding carboxylic acids is 1. The van der Waals surface area contributed by atoms with Crippen molar-refractivity contribution < 1.29 is 19.0 Å². The van der Waals surface area contributed by atoms with Gasteiger partial charge < -0.3 is 19.5 Å². The molecule has 0 spiro atoms. The van der Waals surface area contributed by atoms with E-state index in [1.807, 2.05) is 12.1 Å². The van der Waals surface area contributed by atoms with E-state index in [1.54, 1.807) is 6.07 Å². The summed E-state index contributed by atoms with van der Waals surface area (Å²) in [5.41, 5.74) is 0.665. The van der Waals surface area contributed by atoms with Crippen molar-refractivity contribution >= 4 is 5.78 Å². The zero-order valence-corrected chi connectivity index (χ0v) is 12.3. The van der Waals surface area contributed by atoms with Crippen LogP contribution in [-0.2, 0) is 4.74 Å². The first-order chi connectivity index (χ1) is 10.3. The molecule has 0 saturated carbocycles. The zero-order valence-electron chi connectivity index (χ0n) is 12.3. The van der Waals surface area contributed by atoms with Crippen molar-refractivity contribution in [3.63, 3.8) is 0 Å². The average molecular weight is 291 g/mol. The second kappa shape index (κ2) is 6.45. The van der Waals surface area contributed by atoms with Crippen molar-refractivity contribution in [3.05, 3.63) is 23.8 Å². The van der Waals surface area contributed by atoms with Crippen molar-refractivity contribution in [2.24, 2.45) is 5.92 Å². The smallest absolute Gasteiger partial charge is 0.170 e. The first kappa shape index (κ1) is 14.4. The van der Waals surface area contributed by atoms with Crippen molar-refractivity contribution in [1.82, 2.24) is 5.32 Å². The Kier molecular flexibility index (Phi) is 4.41. The Bertz CT molecular complexity index is 517. The molecule has 21 heavy (non-hydrogen) atoms. The minimum Gasteiger partial charge on any atom is -0.486 e. The van der Waals surface area contributed by atoms with Gasteiger partial charge >= 0.3 is 0 Å². The molecule has 1 saturated heterocycles. The standard InChI is InChI=1S/C16H21NO4/c1-2-5-17-13-10-19-9-12(13)16(18)11-3-4-14-15(8-11)21-7-6-20-14/h3-4,8,12-13,17H,2,5-7,9-10H2,1H3. The molecule has 5 nitrogen and oxygen atoms in total. The largest absolute Gasteiger partial charge is 0.486 e. The third kappa shape index (κ3) is 3.04. The van der Waals surface area contributed by atoms with E-state index in [-0.39, 0.29) is 17.7 Å². The fourth-order valence-corrected chi connectivity index (χ4v) is 2.75. The van der Waals surface area contributed by atoms with Crippen LogP contribution in [0.3, 0.4) is 0 Å².